The first kappa shape index (κ1) is 13.1. The molecule has 1 atom stereocenters. The van der Waals surface area contributed by atoms with E-state index >= 15 is 0 Å². The van der Waals surface area contributed by atoms with Crippen molar-refractivity contribution in [2.75, 3.05) is 7.05 Å². The van der Waals surface area contributed by atoms with Gasteiger partial charge in [-0.1, -0.05) is 6.07 Å². The summed E-state index contributed by atoms with van der Waals surface area (Å²) in [5, 5.41) is 6.79. The molecule has 1 N–H and O–H groups in total. The Bertz CT molecular complexity index is 525. The fourth-order valence-corrected chi connectivity index (χ4v) is 2.50. The number of hydrogen-bond acceptors (Lipinski definition) is 2. The van der Waals surface area contributed by atoms with Crippen LogP contribution in [-0.2, 0) is 6.42 Å². The smallest absolute Gasteiger partial charge is 0.194 e. The minimum atomic E-state index is -1.42. The third kappa shape index (κ3) is 2.57. The summed E-state index contributed by atoms with van der Waals surface area (Å²) in [6.07, 6.45) is 0.530. The summed E-state index contributed by atoms with van der Waals surface area (Å²) in [7, 11) is 1.66. The van der Waals surface area contributed by atoms with E-state index in [4.69, 9.17) is 0 Å². The van der Waals surface area contributed by atoms with Crippen LogP contribution in [0.15, 0.2) is 29.0 Å². The molecule has 0 bridgehead atoms. The maximum absolute atomic E-state index is 13.7. The van der Waals surface area contributed by atoms with Gasteiger partial charge >= 0.3 is 0 Å². The van der Waals surface area contributed by atoms with Crippen LogP contribution in [0.3, 0.4) is 0 Å². The second-order valence-corrected chi connectivity index (χ2v) is 4.72. The van der Waals surface area contributed by atoms with E-state index in [9.17, 15) is 13.2 Å². The summed E-state index contributed by atoms with van der Waals surface area (Å²) in [5.41, 5.74) is 1.17. The molecule has 0 aliphatic rings. The Kier molecular flexibility index (Phi) is 4.04. The third-order valence-corrected chi connectivity index (χ3v) is 3.54. The SMILES string of the molecule is CNC(Cc1ccsc1)c1ccc(F)c(F)c1F. The quantitative estimate of drug-likeness (QED) is 0.837. The number of likely N-dealkylation sites (N-methyl/N-ethyl adjacent to an activating group) is 1. The maximum Gasteiger partial charge on any atom is 0.194 e. The van der Waals surface area contributed by atoms with Crippen molar-refractivity contribution in [1.82, 2.24) is 5.32 Å². The lowest BCUT2D eigenvalue weighted by molar-refractivity contribution is 0.428. The van der Waals surface area contributed by atoms with E-state index in [1.807, 2.05) is 16.8 Å². The van der Waals surface area contributed by atoms with Crippen LogP contribution in [0.4, 0.5) is 13.2 Å². The van der Waals surface area contributed by atoms with Gasteiger partial charge in [0, 0.05) is 11.6 Å². The standard InChI is InChI=1S/C13H12F3NS/c1-17-11(6-8-4-5-18-7-8)9-2-3-10(14)13(16)12(9)15/h2-5,7,11,17H,6H2,1H3. The summed E-state index contributed by atoms with van der Waals surface area (Å²) >= 11 is 1.54. The first-order valence-corrected chi connectivity index (χ1v) is 6.39. The Balaban J connectivity index is 2.30. The molecule has 0 spiro atoms. The maximum atomic E-state index is 13.7. The molecule has 2 rings (SSSR count). The van der Waals surface area contributed by atoms with Gasteiger partial charge < -0.3 is 5.32 Å². The van der Waals surface area contributed by atoms with Crippen molar-refractivity contribution in [3.8, 4) is 0 Å². The first-order valence-electron chi connectivity index (χ1n) is 5.45. The second-order valence-electron chi connectivity index (χ2n) is 3.94. The molecule has 0 radical (unpaired) electrons. The third-order valence-electron chi connectivity index (χ3n) is 2.81. The van der Waals surface area contributed by atoms with Crippen molar-refractivity contribution in [3.63, 3.8) is 0 Å². The Labute approximate surface area is 107 Å². The Morgan fingerprint density at radius 2 is 1.94 bits per heavy atom. The number of hydrogen-bond donors (Lipinski definition) is 1. The number of halogens is 3. The fraction of sp³-hybridized carbons (Fsp3) is 0.231. The molecule has 5 heteroatoms. The average Bonchev–Trinajstić information content (AvgIpc) is 2.87. The van der Waals surface area contributed by atoms with Crippen LogP contribution >= 0.6 is 11.3 Å². The predicted octanol–water partition coefficient (Wildman–Crippen LogP) is 3.67. The van der Waals surface area contributed by atoms with Crippen molar-refractivity contribution in [3.05, 3.63) is 57.5 Å². The van der Waals surface area contributed by atoms with E-state index in [2.05, 4.69) is 5.32 Å². The van der Waals surface area contributed by atoms with Crippen molar-refractivity contribution in [2.24, 2.45) is 0 Å². The van der Waals surface area contributed by atoms with Crippen molar-refractivity contribution in [2.45, 2.75) is 12.5 Å². The van der Waals surface area contributed by atoms with Crippen molar-refractivity contribution >= 4 is 11.3 Å². The van der Waals surface area contributed by atoms with Gasteiger partial charge in [-0.25, -0.2) is 13.2 Å². The van der Waals surface area contributed by atoms with Crippen LogP contribution in [0.5, 0.6) is 0 Å². The number of thiophene rings is 1. The normalized spacial score (nSPS) is 12.7. The fourth-order valence-electron chi connectivity index (χ4n) is 1.82. The Hall–Kier alpha value is -1.33. The zero-order valence-corrected chi connectivity index (χ0v) is 10.5. The van der Waals surface area contributed by atoms with Gasteiger partial charge in [-0.3, -0.25) is 0 Å². The molecule has 0 saturated heterocycles. The molecule has 18 heavy (non-hydrogen) atoms. The molecule has 0 fully saturated rings. The molecular weight excluding hydrogens is 259 g/mol. The summed E-state index contributed by atoms with van der Waals surface area (Å²) in [4.78, 5) is 0. The molecule has 1 aromatic carbocycles. The summed E-state index contributed by atoms with van der Waals surface area (Å²) in [6.45, 7) is 0. The number of nitrogens with one attached hydrogen (secondary N) is 1. The zero-order chi connectivity index (χ0) is 13.1. The molecule has 0 saturated carbocycles. The predicted molar refractivity (Wildman–Crippen MR) is 66.1 cm³/mol. The highest BCUT2D eigenvalue weighted by atomic mass is 32.1. The largest absolute Gasteiger partial charge is 0.313 e. The second kappa shape index (κ2) is 5.54. The van der Waals surface area contributed by atoms with Gasteiger partial charge in [0.25, 0.3) is 0 Å². The highest BCUT2D eigenvalue weighted by Gasteiger charge is 2.20. The van der Waals surface area contributed by atoms with Crippen LogP contribution < -0.4 is 5.32 Å². The molecule has 2 aromatic rings. The van der Waals surface area contributed by atoms with Crippen LogP contribution in [0.2, 0.25) is 0 Å². The summed E-state index contributed by atoms with van der Waals surface area (Å²) < 4.78 is 39.7. The van der Waals surface area contributed by atoms with Gasteiger partial charge in [-0.15, -0.1) is 0 Å². The lowest BCUT2D eigenvalue weighted by atomic mass is 10.00. The van der Waals surface area contributed by atoms with E-state index in [-0.39, 0.29) is 11.6 Å². The summed E-state index contributed by atoms with van der Waals surface area (Å²) in [6, 6.07) is 3.77. The molecule has 1 unspecified atom stereocenters. The van der Waals surface area contributed by atoms with E-state index in [0.29, 0.717) is 6.42 Å². The molecular formula is C13H12F3NS. The van der Waals surface area contributed by atoms with Crippen LogP contribution in [0.25, 0.3) is 0 Å². The van der Waals surface area contributed by atoms with Gasteiger partial charge in [-0.2, -0.15) is 11.3 Å². The molecule has 96 valence electrons. The van der Waals surface area contributed by atoms with Crippen molar-refractivity contribution < 1.29 is 13.2 Å². The van der Waals surface area contributed by atoms with E-state index in [1.54, 1.807) is 18.4 Å². The lowest BCUT2D eigenvalue weighted by Gasteiger charge is -2.17. The molecule has 1 heterocycles. The monoisotopic (exact) mass is 271 g/mol. The minimum Gasteiger partial charge on any atom is -0.313 e. The van der Waals surface area contributed by atoms with Gasteiger partial charge in [0.15, 0.2) is 17.5 Å². The Morgan fingerprint density at radius 1 is 1.17 bits per heavy atom. The number of rotatable bonds is 4. The molecule has 0 aliphatic heterocycles. The minimum absolute atomic E-state index is 0.141. The van der Waals surface area contributed by atoms with E-state index < -0.39 is 17.5 Å². The summed E-state index contributed by atoms with van der Waals surface area (Å²) in [5.74, 6) is -3.70. The van der Waals surface area contributed by atoms with Crippen LogP contribution in [0, 0.1) is 17.5 Å². The van der Waals surface area contributed by atoms with Gasteiger partial charge in [0.2, 0.25) is 0 Å². The Morgan fingerprint density at radius 3 is 2.56 bits per heavy atom. The molecule has 1 aromatic heterocycles. The first-order chi connectivity index (χ1) is 8.63. The average molecular weight is 271 g/mol. The van der Waals surface area contributed by atoms with E-state index in [1.165, 1.54) is 6.07 Å². The molecule has 0 amide bonds. The van der Waals surface area contributed by atoms with Crippen LogP contribution in [-0.4, -0.2) is 7.05 Å². The topological polar surface area (TPSA) is 12.0 Å². The molecule has 0 aliphatic carbocycles. The number of benzene rings is 1. The highest BCUT2D eigenvalue weighted by molar-refractivity contribution is 7.07. The molecule has 1 nitrogen and oxygen atoms in total. The van der Waals surface area contributed by atoms with E-state index in [0.717, 1.165) is 11.6 Å². The van der Waals surface area contributed by atoms with Crippen molar-refractivity contribution in [1.29, 1.82) is 0 Å². The van der Waals surface area contributed by atoms with Gasteiger partial charge in [-0.05, 0) is 41.9 Å². The highest BCUT2D eigenvalue weighted by Crippen LogP contribution is 2.24. The van der Waals surface area contributed by atoms with Crippen LogP contribution in [0.1, 0.15) is 17.2 Å². The van der Waals surface area contributed by atoms with Gasteiger partial charge in [0.1, 0.15) is 0 Å². The zero-order valence-electron chi connectivity index (χ0n) is 9.71. The van der Waals surface area contributed by atoms with Gasteiger partial charge in [0.05, 0.1) is 0 Å². The lowest BCUT2D eigenvalue weighted by Crippen LogP contribution is -2.20.